The number of thiazole rings is 1. The van der Waals surface area contributed by atoms with Crippen molar-refractivity contribution < 1.29 is 0 Å². The van der Waals surface area contributed by atoms with Crippen LogP contribution in [0.4, 0.5) is 0 Å². The second-order valence-corrected chi connectivity index (χ2v) is 4.80. The molecule has 0 spiro atoms. The molecule has 2 N–H and O–H groups in total. The summed E-state index contributed by atoms with van der Waals surface area (Å²) < 4.78 is 0. The summed E-state index contributed by atoms with van der Waals surface area (Å²) in [5.74, 6) is 0. The van der Waals surface area contributed by atoms with E-state index in [-0.39, 0.29) is 5.41 Å². The van der Waals surface area contributed by atoms with Gasteiger partial charge in [-0.3, -0.25) is 4.98 Å². The fourth-order valence-electron chi connectivity index (χ4n) is 2.26. The molecule has 0 amide bonds. The molecule has 1 fully saturated rings. The van der Waals surface area contributed by atoms with E-state index in [0.717, 1.165) is 6.54 Å². The van der Waals surface area contributed by atoms with Crippen LogP contribution >= 0.6 is 11.3 Å². The van der Waals surface area contributed by atoms with E-state index < -0.39 is 0 Å². The molecule has 0 unspecified atom stereocenters. The van der Waals surface area contributed by atoms with Crippen molar-refractivity contribution in [2.24, 2.45) is 5.73 Å². The fourth-order valence-corrected chi connectivity index (χ4v) is 3.15. The molecule has 1 aliphatic carbocycles. The summed E-state index contributed by atoms with van der Waals surface area (Å²) >= 11 is 1.76. The first-order chi connectivity index (χ1) is 6.37. The zero-order valence-corrected chi connectivity index (χ0v) is 8.65. The van der Waals surface area contributed by atoms with Crippen LogP contribution in [0, 0.1) is 0 Å². The van der Waals surface area contributed by atoms with E-state index in [0.29, 0.717) is 0 Å². The molecule has 72 valence electrons. The van der Waals surface area contributed by atoms with Crippen LogP contribution in [0.15, 0.2) is 11.7 Å². The summed E-state index contributed by atoms with van der Waals surface area (Å²) in [5, 5.41) is 0. The number of hydrogen-bond donors (Lipinski definition) is 1. The van der Waals surface area contributed by atoms with Crippen molar-refractivity contribution in [3.05, 3.63) is 16.6 Å². The molecule has 2 nitrogen and oxygen atoms in total. The number of nitrogens with two attached hydrogens (primary N) is 1. The smallest absolute Gasteiger partial charge is 0.0794 e. The Bertz CT molecular complexity index is 250. The maximum atomic E-state index is 5.91. The molecular weight excluding hydrogens is 180 g/mol. The summed E-state index contributed by atoms with van der Waals surface area (Å²) in [6.07, 6.45) is 8.55. The molecule has 0 radical (unpaired) electrons. The van der Waals surface area contributed by atoms with Crippen molar-refractivity contribution in [1.82, 2.24) is 4.98 Å². The highest BCUT2D eigenvalue weighted by molar-refractivity contribution is 7.09. The van der Waals surface area contributed by atoms with Crippen LogP contribution < -0.4 is 5.73 Å². The van der Waals surface area contributed by atoms with Crippen LogP contribution in [0.1, 0.15) is 37.0 Å². The maximum Gasteiger partial charge on any atom is 0.0794 e. The van der Waals surface area contributed by atoms with Crippen LogP contribution in [0.3, 0.4) is 0 Å². The van der Waals surface area contributed by atoms with E-state index in [2.05, 4.69) is 4.98 Å². The summed E-state index contributed by atoms with van der Waals surface area (Å²) in [6.45, 7) is 0.787. The molecule has 13 heavy (non-hydrogen) atoms. The first-order valence-electron chi connectivity index (χ1n) is 4.96. The minimum Gasteiger partial charge on any atom is -0.330 e. The van der Waals surface area contributed by atoms with Gasteiger partial charge in [0.05, 0.1) is 5.51 Å². The first-order valence-corrected chi connectivity index (χ1v) is 5.84. The molecule has 0 aliphatic heterocycles. The molecule has 1 heterocycles. The Morgan fingerprint density at radius 3 is 2.69 bits per heavy atom. The molecule has 2 rings (SSSR count). The van der Waals surface area contributed by atoms with Gasteiger partial charge in [0.1, 0.15) is 0 Å². The standard InChI is InChI=1S/C10H16N2S/c11-7-10(4-2-1-3-5-10)9-6-12-8-13-9/h6,8H,1-5,7,11H2. The second-order valence-electron chi connectivity index (χ2n) is 3.91. The molecule has 1 saturated carbocycles. The van der Waals surface area contributed by atoms with E-state index >= 15 is 0 Å². The lowest BCUT2D eigenvalue weighted by molar-refractivity contribution is 0.305. The van der Waals surface area contributed by atoms with E-state index in [1.54, 1.807) is 11.3 Å². The van der Waals surface area contributed by atoms with Gasteiger partial charge in [-0.05, 0) is 12.8 Å². The highest BCUT2D eigenvalue weighted by atomic mass is 32.1. The normalized spacial score (nSPS) is 21.6. The largest absolute Gasteiger partial charge is 0.330 e. The Labute approximate surface area is 83.2 Å². The van der Waals surface area contributed by atoms with E-state index in [9.17, 15) is 0 Å². The summed E-state index contributed by atoms with van der Waals surface area (Å²) in [7, 11) is 0. The molecule has 1 aliphatic rings. The highest BCUT2D eigenvalue weighted by Crippen LogP contribution is 2.39. The van der Waals surface area contributed by atoms with Crippen LogP contribution in [0.2, 0.25) is 0 Å². The predicted octanol–water partition coefficient (Wildman–Crippen LogP) is 2.30. The van der Waals surface area contributed by atoms with Gasteiger partial charge in [0.25, 0.3) is 0 Å². The zero-order valence-electron chi connectivity index (χ0n) is 7.83. The molecule has 0 bridgehead atoms. The van der Waals surface area contributed by atoms with E-state index in [4.69, 9.17) is 5.73 Å². The summed E-state index contributed by atoms with van der Waals surface area (Å²) in [5.41, 5.74) is 8.10. The van der Waals surface area contributed by atoms with Crippen LogP contribution in [-0.4, -0.2) is 11.5 Å². The first kappa shape index (κ1) is 9.16. The fraction of sp³-hybridized carbons (Fsp3) is 0.700. The van der Waals surface area contributed by atoms with Gasteiger partial charge in [-0.25, -0.2) is 0 Å². The van der Waals surface area contributed by atoms with Crippen molar-refractivity contribution in [3.63, 3.8) is 0 Å². The van der Waals surface area contributed by atoms with Gasteiger partial charge in [-0.2, -0.15) is 0 Å². The summed E-state index contributed by atoms with van der Waals surface area (Å²) in [4.78, 5) is 5.55. The molecule has 0 atom stereocenters. The van der Waals surface area contributed by atoms with Gasteiger partial charge in [0, 0.05) is 23.0 Å². The van der Waals surface area contributed by atoms with Crippen LogP contribution in [0.25, 0.3) is 0 Å². The van der Waals surface area contributed by atoms with Gasteiger partial charge in [-0.15, -0.1) is 11.3 Å². The Morgan fingerprint density at radius 1 is 1.38 bits per heavy atom. The van der Waals surface area contributed by atoms with Gasteiger partial charge in [0.2, 0.25) is 0 Å². The molecule has 1 aromatic heterocycles. The monoisotopic (exact) mass is 196 g/mol. The number of nitrogens with zero attached hydrogens (tertiary/aromatic N) is 1. The molecule has 0 aromatic carbocycles. The van der Waals surface area contributed by atoms with Crippen LogP contribution in [0.5, 0.6) is 0 Å². The maximum absolute atomic E-state index is 5.91. The molecular formula is C10H16N2S. The number of rotatable bonds is 2. The lowest BCUT2D eigenvalue weighted by atomic mass is 9.73. The quantitative estimate of drug-likeness (QED) is 0.788. The van der Waals surface area contributed by atoms with Crippen LogP contribution in [-0.2, 0) is 5.41 Å². The summed E-state index contributed by atoms with van der Waals surface area (Å²) in [6, 6.07) is 0. The highest BCUT2D eigenvalue weighted by Gasteiger charge is 2.33. The average Bonchev–Trinajstić information content (AvgIpc) is 2.72. The van der Waals surface area contributed by atoms with Crippen molar-refractivity contribution >= 4 is 11.3 Å². The Balaban J connectivity index is 2.23. The number of hydrogen-bond acceptors (Lipinski definition) is 3. The average molecular weight is 196 g/mol. The second kappa shape index (κ2) is 3.76. The van der Waals surface area contributed by atoms with Gasteiger partial charge in [-0.1, -0.05) is 19.3 Å². The van der Waals surface area contributed by atoms with Gasteiger partial charge in [0.15, 0.2) is 0 Å². The molecule has 3 heteroatoms. The van der Waals surface area contributed by atoms with Gasteiger partial charge < -0.3 is 5.73 Å². The molecule has 0 saturated heterocycles. The third-order valence-electron chi connectivity index (χ3n) is 3.16. The minimum atomic E-state index is 0.277. The third kappa shape index (κ3) is 1.63. The predicted molar refractivity (Wildman–Crippen MR) is 55.9 cm³/mol. The van der Waals surface area contributed by atoms with Gasteiger partial charge >= 0.3 is 0 Å². The van der Waals surface area contributed by atoms with Crippen molar-refractivity contribution in [2.75, 3.05) is 6.54 Å². The van der Waals surface area contributed by atoms with E-state index in [1.807, 2.05) is 11.7 Å². The minimum absolute atomic E-state index is 0.277. The number of aromatic nitrogens is 1. The van der Waals surface area contributed by atoms with Crippen molar-refractivity contribution in [3.8, 4) is 0 Å². The topological polar surface area (TPSA) is 38.9 Å². The van der Waals surface area contributed by atoms with Crippen molar-refractivity contribution in [1.29, 1.82) is 0 Å². The SMILES string of the molecule is NCC1(c2cncs2)CCCCC1. The zero-order chi connectivity index (χ0) is 9.15. The van der Waals surface area contributed by atoms with E-state index in [1.165, 1.54) is 37.0 Å². The Morgan fingerprint density at radius 2 is 2.15 bits per heavy atom. The van der Waals surface area contributed by atoms with Crippen molar-refractivity contribution in [2.45, 2.75) is 37.5 Å². The lowest BCUT2D eigenvalue weighted by Gasteiger charge is -2.34. The third-order valence-corrected chi connectivity index (χ3v) is 4.18. The lowest BCUT2D eigenvalue weighted by Crippen LogP contribution is -2.36. The Hall–Kier alpha value is -0.410. The Kier molecular flexibility index (Phi) is 2.65. The molecule has 1 aromatic rings.